The van der Waals surface area contributed by atoms with Gasteiger partial charge in [-0.05, 0) is 48.9 Å². The zero-order valence-electron chi connectivity index (χ0n) is 17.2. The minimum Gasteiger partial charge on any atom is -0.456 e. The number of esters is 1. The summed E-state index contributed by atoms with van der Waals surface area (Å²) in [7, 11) is 0. The lowest BCUT2D eigenvalue weighted by Crippen LogP contribution is -2.17. The number of hydrogen-bond donors (Lipinski definition) is 0. The van der Waals surface area contributed by atoms with Crippen molar-refractivity contribution in [1.82, 2.24) is 9.38 Å². The van der Waals surface area contributed by atoms with Gasteiger partial charge < -0.3 is 4.74 Å². The summed E-state index contributed by atoms with van der Waals surface area (Å²) in [6.45, 7) is 1.60. The zero-order valence-corrected chi connectivity index (χ0v) is 18.8. The minimum absolute atomic E-state index is 0.0392. The second kappa shape index (κ2) is 9.43. The molecule has 4 aromatic rings. The molecule has 2 aromatic heterocycles. The van der Waals surface area contributed by atoms with Crippen molar-refractivity contribution in [2.45, 2.75) is 23.3 Å². The molecule has 10 heteroatoms. The molecule has 0 spiro atoms. The van der Waals surface area contributed by atoms with Crippen LogP contribution in [0.4, 0.5) is 5.69 Å². The van der Waals surface area contributed by atoms with Crippen LogP contribution < -0.4 is 5.56 Å². The highest BCUT2D eigenvalue weighted by Crippen LogP contribution is 2.33. The molecular formula is C23H16ClN3O5S. The molecule has 0 aliphatic heterocycles. The molecule has 33 heavy (non-hydrogen) atoms. The van der Waals surface area contributed by atoms with E-state index in [4.69, 9.17) is 16.3 Å². The Morgan fingerprint density at radius 2 is 1.91 bits per heavy atom. The molecule has 2 aromatic carbocycles. The van der Waals surface area contributed by atoms with Gasteiger partial charge in [-0.1, -0.05) is 29.4 Å². The Kier molecular flexibility index (Phi) is 6.43. The Labute approximate surface area is 197 Å². The number of nitrogens with zero attached hydrogens (tertiary/aromatic N) is 3. The van der Waals surface area contributed by atoms with Gasteiger partial charge in [0.1, 0.15) is 12.3 Å². The summed E-state index contributed by atoms with van der Waals surface area (Å²) < 4.78 is 6.77. The standard InChI is InChI=1S/C23H16ClN3O5S/c1-14-2-9-21-25-16(10-22(28)26(21)12-14)13-32-23(29)19-11-17(27(30)31)5-8-20(19)33-18-6-3-15(24)4-7-18/h2-12H,13H2,1H3. The summed E-state index contributed by atoms with van der Waals surface area (Å²) in [6.07, 6.45) is 1.67. The van der Waals surface area contributed by atoms with Crippen LogP contribution in [0.1, 0.15) is 21.6 Å². The van der Waals surface area contributed by atoms with Crippen LogP contribution in [0.25, 0.3) is 5.65 Å². The molecule has 0 radical (unpaired) electrons. The molecule has 2 heterocycles. The Morgan fingerprint density at radius 3 is 2.64 bits per heavy atom. The largest absolute Gasteiger partial charge is 0.456 e. The fourth-order valence-corrected chi connectivity index (χ4v) is 4.10. The number of halogens is 1. The van der Waals surface area contributed by atoms with Gasteiger partial charge in [-0.2, -0.15) is 0 Å². The average molecular weight is 482 g/mol. The number of aryl methyl sites for hydroxylation is 1. The third kappa shape index (κ3) is 5.21. The molecule has 166 valence electrons. The second-order valence-electron chi connectivity index (χ2n) is 7.09. The third-order valence-electron chi connectivity index (χ3n) is 4.65. The number of aromatic nitrogens is 2. The summed E-state index contributed by atoms with van der Waals surface area (Å²) in [4.78, 5) is 41.5. The van der Waals surface area contributed by atoms with Crippen molar-refractivity contribution in [3.63, 3.8) is 0 Å². The lowest BCUT2D eigenvalue weighted by molar-refractivity contribution is -0.384. The van der Waals surface area contributed by atoms with E-state index in [0.717, 1.165) is 10.5 Å². The van der Waals surface area contributed by atoms with Crippen molar-refractivity contribution >= 4 is 40.7 Å². The van der Waals surface area contributed by atoms with E-state index in [9.17, 15) is 19.7 Å². The van der Waals surface area contributed by atoms with Gasteiger partial charge in [0.15, 0.2) is 0 Å². The molecule has 0 amide bonds. The monoisotopic (exact) mass is 481 g/mol. The molecule has 0 aliphatic carbocycles. The number of ether oxygens (including phenoxy) is 1. The van der Waals surface area contributed by atoms with Gasteiger partial charge >= 0.3 is 5.97 Å². The number of hydrogen-bond acceptors (Lipinski definition) is 7. The predicted molar refractivity (Wildman–Crippen MR) is 124 cm³/mol. The molecule has 0 N–H and O–H groups in total. The van der Waals surface area contributed by atoms with Crippen LogP contribution in [0.15, 0.2) is 81.4 Å². The first kappa shape index (κ1) is 22.5. The van der Waals surface area contributed by atoms with Crippen molar-refractivity contribution in [3.05, 3.63) is 109 Å². The van der Waals surface area contributed by atoms with Crippen molar-refractivity contribution in [2.75, 3.05) is 0 Å². The van der Waals surface area contributed by atoms with Gasteiger partial charge in [0.05, 0.1) is 16.2 Å². The van der Waals surface area contributed by atoms with E-state index in [-0.39, 0.29) is 29.1 Å². The average Bonchev–Trinajstić information content (AvgIpc) is 2.79. The first-order valence-corrected chi connectivity index (χ1v) is 10.9. The van der Waals surface area contributed by atoms with Gasteiger partial charge in [-0.3, -0.25) is 19.3 Å². The van der Waals surface area contributed by atoms with E-state index < -0.39 is 10.9 Å². The zero-order chi connectivity index (χ0) is 23.5. The smallest absolute Gasteiger partial charge is 0.339 e. The van der Waals surface area contributed by atoms with Crippen LogP contribution in [0.2, 0.25) is 5.02 Å². The van der Waals surface area contributed by atoms with Gasteiger partial charge in [0.25, 0.3) is 11.2 Å². The van der Waals surface area contributed by atoms with E-state index in [1.807, 2.05) is 13.0 Å². The highest BCUT2D eigenvalue weighted by Gasteiger charge is 2.19. The van der Waals surface area contributed by atoms with Gasteiger partial charge in [-0.25, -0.2) is 9.78 Å². The number of nitro groups is 1. The molecule has 8 nitrogen and oxygen atoms in total. The molecule has 4 rings (SSSR count). The number of carbonyl (C=O) groups is 1. The maximum atomic E-state index is 12.9. The molecular weight excluding hydrogens is 466 g/mol. The number of carbonyl (C=O) groups excluding carboxylic acids is 1. The van der Waals surface area contributed by atoms with Crippen molar-refractivity contribution in [1.29, 1.82) is 0 Å². The molecule has 0 bridgehead atoms. The maximum absolute atomic E-state index is 12.9. The van der Waals surface area contributed by atoms with Crippen LogP contribution in [0.3, 0.4) is 0 Å². The number of pyridine rings is 1. The second-order valence-corrected chi connectivity index (χ2v) is 8.64. The number of rotatable bonds is 6. The van der Waals surface area contributed by atoms with Crippen molar-refractivity contribution in [2.24, 2.45) is 0 Å². The van der Waals surface area contributed by atoms with E-state index in [2.05, 4.69) is 4.98 Å². The summed E-state index contributed by atoms with van der Waals surface area (Å²) >= 11 is 7.17. The van der Waals surface area contributed by atoms with E-state index >= 15 is 0 Å². The van der Waals surface area contributed by atoms with Gasteiger partial charge in [0, 0.05) is 39.2 Å². The van der Waals surface area contributed by atoms with Crippen LogP contribution in [-0.4, -0.2) is 20.3 Å². The Hall–Kier alpha value is -3.69. The van der Waals surface area contributed by atoms with Crippen LogP contribution in [0, 0.1) is 17.0 Å². The highest BCUT2D eigenvalue weighted by molar-refractivity contribution is 7.99. The third-order valence-corrected chi connectivity index (χ3v) is 5.98. The highest BCUT2D eigenvalue weighted by atomic mass is 35.5. The van der Waals surface area contributed by atoms with E-state index in [1.54, 1.807) is 36.5 Å². The SMILES string of the molecule is Cc1ccc2nc(COC(=O)c3cc([N+](=O)[O-])ccc3Sc3ccc(Cl)cc3)cc(=O)n2c1. The molecule has 0 saturated heterocycles. The van der Waals surface area contributed by atoms with E-state index in [0.29, 0.717) is 15.6 Å². The molecule has 0 atom stereocenters. The Bertz CT molecular complexity index is 1440. The lowest BCUT2D eigenvalue weighted by Gasteiger charge is -2.10. The molecule has 0 unspecified atom stereocenters. The van der Waals surface area contributed by atoms with Gasteiger partial charge in [-0.15, -0.1) is 0 Å². The fourth-order valence-electron chi connectivity index (χ4n) is 3.06. The summed E-state index contributed by atoms with van der Waals surface area (Å²) in [5, 5.41) is 11.8. The van der Waals surface area contributed by atoms with Gasteiger partial charge in [0.2, 0.25) is 0 Å². The number of benzene rings is 2. The first-order valence-electron chi connectivity index (χ1n) is 9.68. The number of non-ortho nitro benzene ring substituents is 1. The molecule has 0 saturated carbocycles. The number of nitro benzene ring substituents is 1. The van der Waals surface area contributed by atoms with Crippen molar-refractivity contribution in [3.8, 4) is 0 Å². The normalized spacial score (nSPS) is 10.8. The summed E-state index contributed by atoms with van der Waals surface area (Å²) in [5.41, 5.74) is 1.10. The van der Waals surface area contributed by atoms with E-state index in [1.165, 1.54) is 40.4 Å². The fraction of sp³-hybridized carbons (Fsp3) is 0.0870. The van der Waals surface area contributed by atoms with Crippen LogP contribution in [0.5, 0.6) is 0 Å². The predicted octanol–water partition coefficient (Wildman–Crippen LogP) is 5.07. The summed E-state index contributed by atoms with van der Waals surface area (Å²) in [5.74, 6) is -0.763. The molecule has 0 aliphatic rings. The lowest BCUT2D eigenvalue weighted by atomic mass is 10.2. The van der Waals surface area contributed by atoms with Crippen LogP contribution in [-0.2, 0) is 11.3 Å². The number of fused-ring (bicyclic) bond motifs is 1. The minimum atomic E-state index is -0.763. The Morgan fingerprint density at radius 1 is 1.15 bits per heavy atom. The van der Waals surface area contributed by atoms with Crippen LogP contribution >= 0.6 is 23.4 Å². The first-order chi connectivity index (χ1) is 15.8. The quantitative estimate of drug-likeness (QED) is 0.215. The topological polar surface area (TPSA) is 104 Å². The molecule has 0 fully saturated rings. The van der Waals surface area contributed by atoms with Crippen molar-refractivity contribution < 1.29 is 14.5 Å². The Balaban J connectivity index is 1.60. The summed E-state index contributed by atoms with van der Waals surface area (Å²) in [6, 6.07) is 15.8. The maximum Gasteiger partial charge on any atom is 0.339 e.